The third kappa shape index (κ3) is 3.19. The molecule has 0 saturated carbocycles. The van der Waals surface area contributed by atoms with Crippen LogP contribution in [0.2, 0.25) is 0 Å². The molecule has 1 aromatic carbocycles. The van der Waals surface area contributed by atoms with Crippen LogP contribution in [0.25, 0.3) is 0 Å². The summed E-state index contributed by atoms with van der Waals surface area (Å²) in [6.45, 7) is 9.39. The molecule has 6 heteroatoms. The van der Waals surface area contributed by atoms with Crippen molar-refractivity contribution < 1.29 is 14.3 Å². The fourth-order valence-corrected chi connectivity index (χ4v) is 3.51. The average Bonchev–Trinajstić information content (AvgIpc) is 2.93. The van der Waals surface area contributed by atoms with Gasteiger partial charge in [0.1, 0.15) is 5.75 Å². The Morgan fingerprint density at radius 1 is 1.31 bits per heavy atom. The Bertz CT molecular complexity index is 752. The zero-order valence-electron chi connectivity index (χ0n) is 15.5. The Kier molecular flexibility index (Phi) is 5.02. The van der Waals surface area contributed by atoms with Gasteiger partial charge in [0.15, 0.2) is 0 Å². The standard InChI is InChI=1S/C20H25N3O3/c1-5-10-23-16-12-22(11-13(2)3)19(24)17(16)18(21-20(23)25)14-6-8-15(26-4)9-7-14/h5-9,13,18H,1,10-12H2,2-4H3,(H,21,25). The third-order valence-corrected chi connectivity index (χ3v) is 4.64. The second-order valence-electron chi connectivity index (χ2n) is 6.99. The van der Waals surface area contributed by atoms with Crippen LogP contribution < -0.4 is 10.1 Å². The fourth-order valence-electron chi connectivity index (χ4n) is 3.51. The number of amides is 3. The first-order chi connectivity index (χ1) is 12.5. The quantitative estimate of drug-likeness (QED) is 0.798. The van der Waals surface area contributed by atoms with E-state index in [-0.39, 0.29) is 11.9 Å². The van der Waals surface area contributed by atoms with E-state index in [1.165, 1.54) is 0 Å². The van der Waals surface area contributed by atoms with Gasteiger partial charge in [0.2, 0.25) is 0 Å². The van der Waals surface area contributed by atoms with Gasteiger partial charge >= 0.3 is 6.03 Å². The van der Waals surface area contributed by atoms with Gasteiger partial charge in [-0.2, -0.15) is 0 Å². The summed E-state index contributed by atoms with van der Waals surface area (Å²) in [5.74, 6) is 1.08. The van der Waals surface area contributed by atoms with E-state index < -0.39 is 6.04 Å². The lowest BCUT2D eigenvalue weighted by atomic mass is 9.95. The zero-order chi connectivity index (χ0) is 18.8. The van der Waals surface area contributed by atoms with E-state index in [1.807, 2.05) is 29.2 Å². The predicted molar refractivity (Wildman–Crippen MR) is 99.6 cm³/mol. The monoisotopic (exact) mass is 355 g/mol. The molecule has 6 nitrogen and oxygen atoms in total. The molecule has 1 atom stereocenters. The van der Waals surface area contributed by atoms with Crippen molar-refractivity contribution in [3.05, 3.63) is 53.8 Å². The normalized spacial score (nSPS) is 19.8. The van der Waals surface area contributed by atoms with Crippen molar-refractivity contribution in [2.75, 3.05) is 26.7 Å². The number of carbonyl (C=O) groups is 2. The van der Waals surface area contributed by atoms with E-state index in [0.717, 1.165) is 17.0 Å². The van der Waals surface area contributed by atoms with Gasteiger partial charge in [-0.1, -0.05) is 32.1 Å². The Morgan fingerprint density at radius 3 is 2.58 bits per heavy atom. The van der Waals surface area contributed by atoms with E-state index in [2.05, 4.69) is 25.7 Å². The Morgan fingerprint density at radius 2 is 2.00 bits per heavy atom. The largest absolute Gasteiger partial charge is 0.497 e. The van der Waals surface area contributed by atoms with Gasteiger partial charge in [0, 0.05) is 13.1 Å². The second-order valence-corrected chi connectivity index (χ2v) is 6.99. The molecular formula is C20H25N3O3. The Balaban J connectivity index is 2.01. The minimum atomic E-state index is -0.450. The summed E-state index contributed by atoms with van der Waals surface area (Å²) in [7, 11) is 1.61. The molecule has 3 rings (SSSR count). The summed E-state index contributed by atoms with van der Waals surface area (Å²) in [6, 6.07) is 6.79. The smallest absolute Gasteiger partial charge is 0.322 e. The molecule has 1 aromatic rings. The van der Waals surface area contributed by atoms with Crippen molar-refractivity contribution in [3.63, 3.8) is 0 Å². The number of methoxy groups -OCH3 is 1. The van der Waals surface area contributed by atoms with Crippen molar-refractivity contribution >= 4 is 11.9 Å². The topological polar surface area (TPSA) is 61.9 Å². The molecule has 0 bridgehead atoms. The van der Waals surface area contributed by atoms with Crippen LogP contribution >= 0.6 is 0 Å². The molecule has 0 saturated heterocycles. The van der Waals surface area contributed by atoms with Gasteiger partial charge in [0.05, 0.1) is 31.0 Å². The highest BCUT2D eigenvalue weighted by atomic mass is 16.5. The van der Waals surface area contributed by atoms with E-state index in [1.54, 1.807) is 18.1 Å². The molecule has 0 aromatic heterocycles. The molecule has 2 aliphatic rings. The molecule has 1 unspecified atom stereocenters. The van der Waals surface area contributed by atoms with E-state index in [4.69, 9.17) is 4.74 Å². The van der Waals surface area contributed by atoms with E-state index in [9.17, 15) is 9.59 Å². The summed E-state index contributed by atoms with van der Waals surface area (Å²) in [6.07, 6.45) is 1.67. The Labute approximate surface area is 154 Å². The summed E-state index contributed by atoms with van der Waals surface area (Å²) >= 11 is 0. The molecule has 0 aliphatic carbocycles. The van der Waals surface area contributed by atoms with Crippen LogP contribution in [-0.4, -0.2) is 48.5 Å². The lowest BCUT2D eigenvalue weighted by Gasteiger charge is -2.33. The maximum atomic E-state index is 13.1. The fraction of sp³-hybridized carbons (Fsp3) is 0.400. The lowest BCUT2D eigenvalue weighted by molar-refractivity contribution is -0.126. The van der Waals surface area contributed by atoms with E-state index in [0.29, 0.717) is 31.1 Å². The first-order valence-corrected chi connectivity index (χ1v) is 8.81. The maximum Gasteiger partial charge on any atom is 0.322 e. The third-order valence-electron chi connectivity index (χ3n) is 4.64. The minimum absolute atomic E-state index is 0.0106. The highest BCUT2D eigenvalue weighted by molar-refractivity contribution is 6.01. The van der Waals surface area contributed by atoms with Crippen LogP contribution in [-0.2, 0) is 4.79 Å². The number of rotatable bonds is 6. The number of urea groups is 1. The summed E-state index contributed by atoms with van der Waals surface area (Å²) in [5, 5.41) is 2.97. The molecule has 138 valence electrons. The summed E-state index contributed by atoms with van der Waals surface area (Å²) in [5.41, 5.74) is 2.29. The minimum Gasteiger partial charge on any atom is -0.497 e. The molecule has 26 heavy (non-hydrogen) atoms. The molecule has 2 aliphatic heterocycles. The number of nitrogens with zero attached hydrogens (tertiary/aromatic N) is 2. The maximum absolute atomic E-state index is 13.1. The lowest BCUT2D eigenvalue weighted by Crippen LogP contribution is -2.47. The number of carbonyl (C=O) groups excluding carboxylic acids is 2. The molecule has 0 radical (unpaired) electrons. The molecule has 2 heterocycles. The highest BCUT2D eigenvalue weighted by Gasteiger charge is 2.43. The average molecular weight is 355 g/mol. The van der Waals surface area contributed by atoms with Crippen LogP contribution in [0.15, 0.2) is 48.2 Å². The van der Waals surface area contributed by atoms with E-state index >= 15 is 0 Å². The van der Waals surface area contributed by atoms with Crippen LogP contribution in [0, 0.1) is 5.92 Å². The molecular weight excluding hydrogens is 330 g/mol. The first-order valence-electron chi connectivity index (χ1n) is 8.81. The van der Waals surface area contributed by atoms with Crippen molar-refractivity contribution in [1.82, 2.24) is 15.1 Å². The second kappa shape index (κ2) is 7.23. The van der Waals surface area contributed by atoms with Crippen LogP contribution in [0.1, 0.15) is 25.5 Å². The SMILES string of the molecule is C=CCN1C(=O)NC(c2ccc(OC)cc2)C2=C1CN(CC(C)C)C2=O. The number of benzene rings is 1. The van der Waals surface area contributed by atoms with Gasteiger partial charge in [-0.15, -0.1) is 6.58 Å². The van der Waals surface area contributed by atoms with Gasteiger partial charge in [-0.25, -0.2) is 4.79 Å². The van der Waals surface area contributed by atoms with Gasteiger partial charge in [-0.05, 0) is 23.6 Å². The van der Waals surface area contributed by atoms with Crippen LogP contribution in [0.5, 0.6) is 5.75 Å². The highest BCUT2D eigenvalue weighted by Crippen LogP contribution is 2.36. The Hall–Kier alpha value is -2.76. The first kappa shape index (κ1) is 18.0. The van der Waals surface area contributed by atoms with Gasteiger partial charge < -0.3 is 15.0 Å². The number of hydrogen-bond acceptors (Lipinski definition) is 3. The van der Waals surface area contributed by atoms with Crippen molar-refractivity contribution in [2.24, 2.45) is 5.92 Å². The molecule has 3 amide bonds. The van der Waals surface area contributed by atoms with Crippen LogP contribution in [0.4, 0.5) is 4.79 Å². The zero-order valence-corrected chi connectivity index (χ0v) is 15.5. The van der Waals surface area contributed by atoms with Crippen molar-refractivity contribution in [2.45, 2.75) is 19.9 Å². The van der Waals surface area contributed by atoms with Crippen molar-refractivity contribution in [1.29, 1.82) is 0 Å². The summed E-state index contributed by atoms with van der Waals surface area (Å²) < 4.78 is 5.20. The predicted octanol–water partition coefficient (Wildman–Crippen LogP) is 2.70. The number of ether oxygens (including phenoxy) is 1. The summed E-state index contributed by atoms with van der Waals surface area (Å²) in [4.78, 5) is 29.2. The number of hydrogen-bond donors (Lipinski definition) is 1. The van der Waals surface area contributed by atoms with Gasteiger partial charge in [0.25, 0.3) is 5.91 Å². The molecule has 1 N–H and O–H groups in total. The van der Waals surface area contributed by atoms with Crippen molar-refractivity contribution in [3.8, 4) is 5.75 Å². The number of nitrogens with one attached hydrogen (secondary N) is 1. The van der Waals surface area contributed by atoms with Crippen LogP contribution in [0.3, 0.4) is 0 Å². The molecule has 0 spiro atoms. The van der Waals surface area contributed by atoms with Gasteiger partial charge in [-0.3, -0.25) is 9.69 Å². The molecule has 0 fully saturated rings.